The van der Waals surface area contributed by atoms with Crippen LogP contribution in [0, 0.1) is 0 Å². The Morgan fingerprint density at radius 1 is 1.25 bits per heavy atom. The smallest absolute Gasteiger partial charge is 0.0458 e. The molecule has 0 spiro atoms. The summed E-state index contributed by atoms with van der Waals surface area (Å²) in [4.78, 5) is 0. The molecule has 1 aromatic carbocycles. The minimum atomic E-state index is 0.0246. The molecule has 1 nitrogen and oxygen atoms in total. The van der Waals surface area contributed by atoms with E-state index in [1.54, 1.807) is 6.07 Å². The van der Waals surface area contributed by atoms with Gasteiger partial charge in [0.25, 0.3) is 0 Å². The van der Waals surface area contributed by atoms with E-state index in [1.807, 2.05) is 12.1 Å². The van der Waals surface area contributed by atoms with Crippen LogP contribution in [0.25, 0.3) is 0 Å². The second-order valence-electron chi connectivity index (χ2n) is 4.68. The molecule has 0 amide bonds. The zero-order valence-electron chi connectivity index (χ0n) is 10.1. The lowest BCUT2D eigenvalue weighted by Crippen LogP contribution is -2.33. The average Bonchev–Trinajstić information content (AvgIpc) is 2.17. The molecular weight excluding hydrogens is 241 g/mol. The number of halogens is 2. The normalized spacial score (nSPS) is 11.8. The van der Waals surface area contributed by atoms with E-state index in [0.29, 0.717) is 5.02 Å². The van der Waals surface area contributed by atoms with Crippen LogP contribution in [0.3, 0.4) is 0 Å². The lowest BCUT2D eigenvalue weighted by atomic mass is 9.84. The van der Waals surface area contributed by atoms with Crippen LogP contribution in [-0.2, 0) is 5.41 Å². The van der Waals surface area contributed by atoms with Crippen molar-refractivity contribution in [1.82, 2.24) is 5.32 Å². The van der Waals surface area contributed by atoms with Crippen molar-refractivity contribution in [3.05, 3.63) is 33.8 Å². The van der Waals surface area contributed by atoms with Crippen LogP contribution in [0.15, 0.2) is 18.2 Å². The summed E-state index contributed by atoms with van der Waals surface area (Å²) in [6, 6.07) is 5.71. The van der Waals surface area contributed by atoms with E-state index < -0.39 is 0 Å². The van der Waals surface area contributed by atoms with Crippen molar-refractivity contribution < 1.29 is 0 Å². The predicted molar refractivity (Wildman–Crippen MR) is 72.6 cm³/mol. The summed E-state index contributed by atoms with van der Waals surface area (Å²) in [6.45, 7) is 8.49. The first-order chi connectivity index (χ1) is 7.47. The third-order valence-electron chi connectivity index (χ3n) is 2.65. The quantitative estimate of drug-likeness (QED) is 0.779. The highest BCUT2D eigenvalue weighted by Crippen LogP contribution is 2.31. The minimum Gasteiger partial charge on any atom is -0.316 e. The van der Waals surface area contributed by atoms with Gasteiger partial charge in [0.15, 0.2) is 0 Å². The van der Waals surface area contributed by atoms with Gasteiger partial charge in [0.05, 0.1) is 0 Å². The van der Waals surface area contributed by atoms with Gasteiger partial charge in [0, 0.05) is 22.0 Å². The minimum absolute atomic E-state index is 0.0246. The molecule has 0 aliphatic heterocycles. The number of hydrogen-bond donors (Lipinski definition) is 1. The summed E-state index contributed by atoms with van der Waals surface area (Å²) in [6.07, 6.45) is 1.14. The third-order valence-corrected chi connectivity index (χ3v) is 3.20. The molecule has 3 heteroatoms. The van der Waals surface area contributed by atoms with Crippen molar-refractivity contribution in [3.63, 3.8) is 0 Å². The molecule has 0 heterocycles. The maximum absolute atomic E-state index is 6.21. The maximum atomic E-state index is 6.21. The number of hydrogen-bond acceptors (Lipinski definition) is 1. The topological polar surface area (TPSA) is 12.0 Å². The number of benzene rings is 1. The largest absolute Gasteiger partial charge is 0.316 e. The lowest BCUT2D eigenvalue weighted by molar-refractivity contribution is 0.470. The molecule has 0 aliphatic rings. The van der Waals surface area contributed by atoms with Crippen molar-refractivity contribution in [3.8, 4) is 0 Å². The fourth-order valence-electron chi connectivity index (χ4n) is 1.71. The monoisotopic (exact) mass is 259 g/mol. The van der Waals surface area contributed by atoms with E-state index in [2.05, 4.69) is 26.1 Å². The molecule has 0 aromatic heterocycles. The van der Waals surface area contributed by atoms with Crippen molar-refractivity contribution in [2.24, 2.45) is 0 Å². The highest BCUT2D eigenvalue weighted by atomic mass is 35.5. The maximum Gasteiger partial charge on any atom is 0.0458 e. The molecule has 0 saturated heterocycles. The van der Waals surface area contributed by atoms with E-state index in [4.69, 9.17) is 23.2 Å². The molecule has 1 rings (SSSR count). The van der Waals surface area contributed by atoms with Gasteiger partial charge in [-0.15, -0.1) is 0 Å². The van der Waals surface area contributed by atoms with Gasteiger partial charge in [0.1, 0.15) is 0 Å². The van der Waals surface area contributed by atoms with Gasteiger partial charge in [0.2, 0.25) is 0 Å². The van der Waals surface area contributed by atoms with E-state index in [1.165, 1.54) is 0 Å². The Labute approximate surface area is 108 Å². The summed E-state index contributed by atoms with van der Waals surface area (Å²) in [7, 11) is 0. The molecule has 0 bridgehead atoms. The second-order valence-corrected chi connectivity index (χ2v) is 5.53. The van der Waals surface area contributed by atoms with Gasteiger partial charge < -0.3 is 5.32 Å². The van der Waals surface area contributed by atoms with E-state index >= 15 is 0 Å². The van der Waals surface area contributed by atoms with E-state index in [-0.39, 0.29) is 5.41 Å². The predicted octanol–water partition coefficient (Wildman–Crippen LogP) is 4.27. The van der Waals surface area contributed by atoms with Crippen molar-refractivity contribution in [2.45, 2.75) is 32.6 Å². The Bertz CT molecular complexity index is 348. The van der Waals surface area contributed by atoms with Crippen molar-refractivity contribution >= 4 is 23.2 Å². The summed E-state index contributed by atoms with van der Waals surface area (Å²) in [5, 5.41) is 4.86. The molecule has 0 aliphatic carbocycles. The van der Waals surface area contributed by atoms with Crippen LogP contribution < -0.4 is 5.32 Å². The molecule has 1 aromatic rings. The highest BCUT2D eigenvalue weighted by molar-refractivity contribution is 6.35. The van der Waals surface area contributed by atoms with Crippen molar-refractivity contribution in [1.29, 1.82) is 0 Å². The summed E-state index contributed by atoms with van der Waals surface area (Å²) >= 11 is 12.1. The van der Waals surface area contributed by atoms with Crippen LogP contribution in [0.5, 0.6) is 0 Å². The Hall–Kier alpha value is -0.240. The van der Waals surface area contributed by atoms with Gasteiger partial charge in [-0.05, 0) is 30.7 Å². The van der Waals surface area contributed by atoms with Gasteiger partial charge in [-0.2, -0.15) is 0 Å². The molecule has 0 fully saturated rings. The van der Waals surface area contributed by atoms with Crippen LogP contribution in [0.1, 0.15) is 32.8 Å². The summed E-state index contributed by atoms with van der Waals surface area (Å²) < 4.78 is 0. The first-order valence-electron chi connectivity index (χ1n) is 5.63. The molecule has 16 heavy (non-hydrogen) atoms. The zero-order valence-corrected chi connectivity index (χ0v) is 11.6. The summed E-state index contributed by atoms with van der Waals surface area (Å²) in [5.74, 6) is 0. The average molecular weight is 260 g/mol. The molecule has 0 saturated carbocycles. The second kappa shape index (κ2) is 5.90. The van der Waals surface area contributed by atoms with Crippen LogP contribution >= 0.6 is 23.2 Å². The number of rotatable bonds is 5. The van der Waals surface area contributed by atoms with Crippen molar-refractivity contribution in [2.75, 3.05) is 13.1 Å². The van der Waals surface area contributed by atoms with Crippen LogP contribution in [0.2, 0.25) is 10.0 Å². The fourth-order valence-corrected chi connectivity index (χ4v) is 2.38. The molecule has 1 N–H and O–H groups in total. The summed E-state index contributed by atoms with van der Waals surface area (Å²) in [5.41, 5.74) is 1.17. The molecule has 0 radical (unpaired) electrons. The van der Waals surface area contributed by atoms with Crippen LogP contribution in [0.4, 0.5) is 0 Å². The molecule has 0 atom stereocenters. The Morgan fingerprint density at radius 2 is 1.94 bits per heavy atom. The first kappa shape index (κ1) is 13.8. The van der Waals surface area contributed by atoms with Crippen LogP contribution in [-0.4, -0.2) is 13.1 Å². The fraction of sp³-hybridized carbons (Fsp3) is 0.538. The molecule has 90 valence electrons. The van der Waals surface area contributed by atoms with Gasteiger partial charge in [-0.25, -0.2) is 0 Å². The third kappa shape index (κ3) is 3.65. The SMILES string of the molecule is CCCNCC(C)(C)c1ccc(Cl)cc1Cl. The van der Waals surface area contributed by atoms with E-state index in [0.717, 1.165) is 30.1 Å². The number of nitrogens with one attached hydrogen (secondary N) is 1. The lowest BCUT2D eigenvalue weighted by Gasteiger charge is -2.27. The van der Waals surface area contributed by atoms with Gasteiger partial charge in [-0.1, -0.05) is 50.0 Å². The van der Waals surface area contributed by atoms with Gasteiger partial charge in [-0.3, -0.25) is 0 Å². The molecular formula is C13H19Cl2N. The Kier molecular flexibility index (Phi) is 5.10. The Balaban J connectivity index is 2.80. The zero-order chi connectivity index (χ0) is 12.2. The van der Waals surface area contributed by atoms with Gasteiger partial charge >= 0.3 is 0 Å². The Morgan fingerprint density at radius 3 is 2.50 bits per heavy atom. The first-order valence-corrected chi connectivity index (χ1v) is 6.39. The molecule has 0 unspecified atom stereocenters. The van der Waals surface area contributed by atoms with E-state index in [9.17, 15) is 0 Å². The highest BCUT2D eigenvalue weighted by Gasteiger charge is 2.22. The standard InChI is InChI=1S/C13H19Cl2N/c1-4-7-16-9-13(2,3)11-6-5-10(14)8-12(11)15/h5-6,8,16H,4,7,9H2,1-3H3.